The van der Waals surface area contributed by atoms with Crippen molar-refractivity contribution in [3.05, 3.63) is 64.9 Å². The van der Waals surface area contributed by atoms with E-state index in [-0.39, 0.29) is 12.3 Å². The van der Waals surface area contributed by atoms with Crippen LogP contribution in [0.5, 0.6) is 5.88 Å². The van der Waals surface area contributed by atoms with Gasteiger partial charge in [-0.05, 0) is 54.2 Å². The number of aromatic nitrogens is 1. The molecule has 1 N–H and O–H groups in total. The zero-order chi connectivity index (χ0) is 18.2. The molecule has 2 aromatic rings. The van der Waals surface area contributed by atoms with Crippen LogP contribution in [0.4, 0.5) is 8.78 Å². The fourth-order valence-electron chi connectivity index (χ4n) is 3.34. The van der Waals surface area contributed by atoms with E-state index in [0.717, 1.165) is 0 Å². The molecule has 0 unspecified atom stereocenters. The lowest BCUT2D eigenvalue weighted by Crippen LogP contribution is -2.32. The predicted octanol–water partition coefficient (Wildman–Crippen LogP) is 3.88. The summed E-state index contributed by atoms with van der Waals surface area (Å²) in [4.78, 5) is 15.9. The smallest absolute Gasteiger partial charge is 0.318 e. The first-order valence-electron chi connectivity index (χ1n) is 7.79. The highest BCUT2D eigenvalue weighted by Gasteiger charge is 2.43. The van der Waals surface area contributed by atoms with Gasteiger partial charge in [-0.2, -0.15) is 0 Å². The Balaban J connectivity index is 2.10. The fraction of sp³-hybridized carbons (Fsp3) is 0.263. The quantitative estimate of drug-likeness (QED) is 0.914. The van der Waals surface area contributed by atoms with Crippen molar-refractivity contribution in [1.82, 2.24) is 4.98 Å². The number of nitrogens with zero attached hydrogens (tertiary/aromatic N) is 1. The Morgan fingerprint density at radius 2 is 2.08 bits per heavy atom. The van der Waals surface area contributed by atoms with E-state index in [1.165, 1.54) is 31.5 Å². The van der Waals surface area contributed by atoms with Crippen molar-refractivity contribution < 1.29 is 23.4 Å². The third-order valence-electron chi connectivity index (χ3n) is 4.71. The molecule has 0 aliphatic heterocycles. The molecule has 0 spiro atoms. The number of carboxylic acid groups (broad SMARTS) is 1. The number of carboxylic acids is 1. The van der Waals surface area contributed by atoms with Gasteiger partial charge in [0.05, 0.1) is 7.11 Å². The molecule has 1 atom stereocenters. The second-order valence-corrected chi connectivity index (χ2v) is 6.07. The van der Waals surface area contributed by atoms with Gasteiger partial charge in [-0.15, -0.1) is 0 Å². The SMILES string of the molecule is COc1ncc(C2=C[C@](C(=O)O)(c3cccc(F)c3C)CC2)cc1F. The number of hydrogen-bond acceptors (Lipinski definition) is 3. The van der Waals surface area contributed by atoms with Crippen LogP contribution in [0, 0.1) is 18.6 Å². The Labute approximate surface area is 143 Å². The third-order valence-corrected chi connectivity index (χ3v) is 4.71. The number of benzene rings is 1. The van der Waals surface area contributed by atoms with Gasteiger partial charge >= 0.3 is 5.97 Å². The molecule has 0 bridgehead atoms. The molecule has 0 saturated carbocycles. The molecule has 6 heteroatoms. The molecule has 0 amide bonds. The van der Waals surface area contributed by atoms with Crippen LogP contribution in [-0.2, 0) is 10.2 Å². The van der Waals surface area contributed by atoms with Gasteiger partial charge in [-0.25, -0.2) is 13.8 Å². The van der Waals surface area contributed by atoms with E-state index in [0.29, 0.717) is 28.7 Å². The number of carbonyl (C=O) groups is 1. The second kappa shape index (κ2) is 6.27. The van der Waals surface area contributed by atoms with Gasteiger partial charge in [0.1, 0.15) is 11.2 Å². The number of halogens is 2. The molecular formula is C19H17F2NO3. The first-order valence-corrected chi connectivity index (χ1v) is 7.79. The van der Waals surface area contributed by atoms with E-state index in [2.05, 4.69) is 4.98 Å². The molecule has 1 heterocycles. The van der Waals surface area contributed by atoms with E-state index in [9.17, 15) is 18.7 Å². The number of pyridine rings is 1. The summed E-state index contributed by atoms with van der Waals surface area (Å²) in [5, 5.41) is 9.86. The molecule has 3 rings (SSSR count). The van der Waals surface area contributed by atoms with Crippen molar-refractivity contribution in [2.75, 3.05) is 7.11 Å². The lowest BCUT2D eigenvalue weighted by atomic mass is 9.78. The summed E-state index contributed by atoms with van der Waals surface area (Å²) in [5.74, 6) is -2.24. The molecule has 0 radical (unpaired) electrons. The summed E-state index contributed by atoms with van der Waals surface area (Å²) >= 11 is 0. The van der Waals surface area contributed by atoms with Gasteiger partial charge < -0.3 is 9.84 Å². The minimum absolute atomic E-state index is 0.118. The van der Waals surface area contributed by atoms with Crippen LogP contribution < -0.4 is 4.74 Å². The summed E-state index contributed by atoms with van der Waals surface area (Å²) in [7, 11) is 1.32. The standard InChI is InChI=1S/C19H17F2NO3/c1-11-14(4-3-5-15(11)20)19(18(23)24)7-6-12(9-19)13-8-16(21)17(25-2)22-10-13/h3-5,8-10H,6-7H2,1-2H3,(H,23,24)/t19-/m0/s1. The van der Waals surface area contributed by atoms with Crippen molar-refractivity contribution in [2.45, 2.75) is 25.2 Å². The van der Waals surface area contributed by atoms with E-state index in [4.69, 9.17) is 4.74 Å². The maximum absolute atomic E-state index is 13.9. The maximum atomic E-state index is 13.9. The van der Waals surface area contributed by atoms with Crippen LogP contribution >= 0.6 is 0 Å². The van der Waals surface area contributed by atoms with Crippen LogP contribution in [0.1, 0.15) is 29.5 Å². The molecule has 1 aliphatic carbocycles. The number of rotatable bonds is 4. The Kier molecular flexibility index (Phi) is 4.29. The summed E-state index contributed by atoms with van der Waals surface area (Å²) in [5.41, 5.74) is 0.548. The monoisotopic (exact) mass is 345 g/mol. The largest absolute Gasteiger partial charge is 0.480 e. The van der Waals surface area contributed by atoms with Crippen molar-refractivity contribution in [3.8, 4) is 5.88 Å². The van der Waals surface area contributed by atoms with Gasteiger partial charge in [0.15, 0.2) is 5.82 Å². The van der Waals surface area contributed by atoms with Gasteiger partial charge in [0.2, 0.25) is 5.88 Å². The molecule has 25 heavy (non-hydrogen) atoms. The Bertz CT molecular complexity index is 879. The minimum Gasteiger partial charge on any atom is -0.480 e. The second-order valence-electron chi connectivity index (χ2n) is 6.07. The summed E-state index contributed by atoms with van der Waals surface area (Å²) in [6.07, 6.45) is 3.73. The average molecular weight is 345 g/mol. The van der Waals surface area contributed by atoms with E-state index in [1.807, 2.05) is 0 Å². The van der Waals surface area contributed by atoms with Crippen LogP contribution in [0.15, 0.2) is 36.5 Å². The lowest BCUT2D eigenvalue weighted by Gasteiger charge is -2.24. The highest BCUT2D eigenvalue weighted by molar-refractivity contribution is 5.90. The highest BCUT2D eigenvalue weighted by Crippen LogP contribution is 2.44. The number of hydrogen-bond donors (Lipinski definition) is 1. The number of allylic oxidation sites excluding steroid dienone is 1. The van der Waals surface area contributed by atoms with Gasteiger partial charge in [0, 0.05) is 6.20 Å². The Hall–Kier alpha value is -2.76. The van der Waals surface area contributed by atoms with Gasteiger partial charge in [-0.3, -0.25) is 4.79 Å². The van der Waals surface area contributed by atoms with Gasteiger partial charge in [-0.1, -0.05) is 18.2 Å². The topological polar surface area (TPSA) is 59.4 Å². The Morgan fingerprint density at radius 3 is 2.72 bits per heavy atom. The molecule has 1 aliphatic rings. The zero-order valence-electron chi connectivity index (χ0n) is 13.8. The van der Waals surface area contributed by atoms with Crippen molar-refractivity contribution in [2.24, 2.45) is 0 Å². The number of methoxy groups -OCH3 is 1. The highest BCUT2D eigenvalue weighted by atomic mass is 19.1. The summed E-state index contributed by atoms with van der Waals surface area (Å²) < 4.78 is 32.6. The molecule has 1 aromatic carbocycles. The van der Waals surface area contributed by atoms with Crippen LogP contribution in [0.2, 0.25) is 0 Å². The normalized spacial score (nSPS) is 19.6. The number of ether oxygens (including phenoxy) is 1. The molecule has 0 fully saturated rings. The Morgan fingerprint density at radius 1 is 1.32 bits per heavy atom. The summed E-state index contributed by atoms with van der Waals surface area (Å²) in [6.45, 7) is 1.57. The van der Waals surface area contributed by atoms with Crippen LogP contribution in [-0.4, -0.2) is 23.2 Å². The minimum atomic E-state index is -1.34. The van der Waals surface area contributed by atoms with Crippen molar-refractivity contribution >= 4 is 11.5 Å². The summed E-state index contributed by atoms with van der Waals surface area (Å²) in [6, 6.07) is 5.70. The van der Waals surface area contributed by atoms with E-state index < -0.39 is 23.0 Å². The predicted molar refractivity (Wildman–Crippen MR) is 88.4 cm³/mol. The van der Waals surface area contributed by atoms with Gasteiger partial charge in [0.25, 0.3) is 0 Å². The van der Waals surface area contributed by atoms with Crippen molar-refractivity contribution in [1.29, 1.82) is 0 Å². The molecular weight excluding hydrogens is 328 g/mol. The van der Waals surface area contributed by atoms with Crippen molar-refractivity contribution in [3.63, 3.8) is 0 Å². The first-order chi connectivity index (χ1) is 11.9. The molecule has 1 aromatic heterocycles. The fourth-order valence-corrected chi connectivity index (χ4v) is 3.34. The average Bonchev–Trinajstić information content (AvgIpc) is 3.04. The zero-order valence-corrected chi connectivity index (χ0v) is 13.8. The molecule has 0 saturated heterocycles. The molecule has 130 valence electrons. The van der Waals surface area contributed by atoms with E-state index in [1.54, 1.807) is 19.1 Å². The lowest BCUT2D eigenvalue weighted by molar-refractivity contribution is -0.141. The van der Waals surface area contributed by atoms with E-state index >= 15 is 0 Å². The third kappa shape index (κ3) is 2.77. The maximum Gasteiger partial charge on any atom is 0.318 e. The molecule has 4 nitrogen and oxygen atoms in total. The first kappa shape index (κ1) is 17.1. The van der Waals surface area contributed by atoms with Crippen LogP contribution in [0.25, 0.3) is 5.57 Å². The van der Waals surface area contributed by atoms with Crippen LogP contribution in [0.3, 0.4) is 0 Å². The number of aliphatic carboxylic acids is 1.